The average molecular weight is 273 g/mol. The number of hydrogen-bond acceptors (Lipinski definition) is 3. The summed E-state index contributed by atoms with van der Waals surface area (Å²) in [4.78, 5) is 0. The molecule has 108 valence electrons. The van der Waals surface area contributed by atoms with Crippen LogP contribution >= 0.6 is 0 Å². The predicted octanol–water partition coefficient (Wildman–Crippen LogP) is 3.58. The molecule has 1 saturated heterocycles. The highest BCUT2D eigenvalue weighted by Crippen LogP contribution is 2.56. The topological polar surface area (TPSA) is 42.2 Å². The standard InChI is InChI=1S/C17H23NO2/c1-12(2)13-8-14-10-17(19-6-7-20-17)5-4-16(14,3)15(9-13)11-18/h8,13,15H,1,4-7,9-10H2,2-3H3/t13-,15-,16+/m1/s1. The molecule has 1 heterocycles. The van der Waals surface area contributed by atoms with Gasteiger partial charge in [0.1, 0.15) is 0 Å². The third-order valence-electron chi connectivity index (χ3n) is 5.48. The molecule has 1 saturated carbocycles. The zero-order valence-corrected chi connectivity index (χ0v) is 12.4. The van der Waals surface area contributed by atoms with Crippen LogP contribution in [-0.4, -0.2) is 19.0 Å². The number of nitrogens with zero attached hydrogens (tertiary/aromatic N) is 1. The summed E-state index contributed by atoms with van der Waals surface area (Å²) in [7, 11) is 0. The molecule has 3 rings (SSSR count). The molecule has 0 unspecified atom stereocenters. The molecule has 0 aromatic rings. The summed E-state index contributed by atoms with van der Waals surface area (Å²) < 4.78 is 11.7. The lowest BCUT2D eigenvalue weighted by Gasteiger charge is -2.49. The van der Waals surface area contributed by atoms with Crippen molar-refractivity contribution in [1.29, 1.82) is 5.26 Å². The highest BCUT2D eigenvalue weighted by Gasteiger charge is 2.52. The van der Waals surface area contributed by atoms with Crippen molar-refractivity contribution in [1.82, 2.24) is 0 Å². The maximum Gasteiger partial charge on any atom is 0.172 e. The lowest BCUT2D eigenvalue weighted by atomic mass is 9.57. The SMILES string of the molecule is C=C(C)[C@@H]1C=C2CC3(CC[C@]2(C)[C@@H](C#N)C1)OCCO3. The van der Waals surface area contributed by atoms with Crippen molar-refractivity contribution in [2.24, 2.45) is 17.3 Å². The molecule has 2 fully saturated rings. The quantitative estimate of drug-likeness (QED) is 0.686. The van der Waals surface area contributed by atoms with E-state index in [-0.39, 0.29) is 11.3 Å². The fourth-order valence-corrected chi connectivity index (χ4v) is 3.95. The molecule has 0 N–H and O–H groups in total. The van der Waals surface area contributed by atoms with Gasteiger partial charge in [0.2, 0.25) is 0 Å². The molecular formula is C17H23NO2. The van der Waals surface area contributed by atoms with E-state index in [0.29, 0.717) is 19.1 Å². The highest BCUT2D eigenvalue weighted by molar-refractivity contribution is 5.30. The molecule has 0 aromatic heterocycles. The Hall–Kier alpha value is -1.11. The van der Waals surface area contributed by atoms with Crippen molar-refractivity contribution in [3.63, 3.8) is 0 Å². The van der Waals surface area contributed by atoms with E-state index < -0.39 is 5.79 Å². The summed E-state index contributed by atoms with van der Waals surface area (Å²) in [5.41, 5.74) is 2.48. The van der Waals surface area contributed by atoms with Crippen LogP contribution in [0, 0.1) is 28.6 Å². The Balaban J connectivity index is 1.95. The van der Waals surface area contributed by atoms with E-state index >= 15 is 0 Å². The first-order valence-electron chi connectivity index (χ1n) is 7.53. The van der Waals surface area contributed by atoms with Crippen LogP contribution in [0.15, 0.2) is 23.8 Å². The summed E-state index contributed by atoms with van der Waals surface area (Å²) in [5, 5.41) is 9.58. The summed E-state index contributed by atoms with van der Waals surface area (Å²) in [6, 6.07) is 2.54. The van der Waals surface area contributed by atoms with Crippen LogP contribution in [0.2, 0.25) is 0 Å². The lowest BCUT2D eigenvalue weighted by Crippen LogP contribution is -2.45. The van der Waals surface area contributed by atoms with Crippen LogP contribution in [0.4, 0.5) is 0 Å². The van der Waals surface area contributed by atoms with Gasteiger partial charge in [0, 0.05) is 18.3 Å². The van der Waals surface area contributed by atoms with Gasteiger partial charge in [-0.2, -0.15) is 5.26 Å². The first kappa shape index (κ1) is 13.9. The third-order valence-corrected chi connectivity index (χ3v) is 5.48. The monoisotopic (exact) mass is 273 g/mol. The van der Waals surface area contributed by atoms with Gasteiger partial charge in [-0.15, -0.1) is 0 Å². The number of rotatable bonds is 1. The number of ether oxygens (including phenoxy) is 2. The first-order valence-corrected chi connectivity index (χ1v) is 7.53. The minimum Gasteiger partial charge on any atom is -0.347 e. The highest BCUT2D eigenvalue weighted by atomic mass is 16.7. The Morgan fingerprint density at radius 2 is 2.10 bits per heavy atom. The molecule has 1 aliphatic heterocycles. The Bertz CT molecular complexity index is 496. The molecule has 3 nitrogen and oxygen atoms in total. The van der Waals surface area contributed by atoms with E-state index in [1.165, 1.54) is 5.57 Å². The van der Waals surface area contributed by atoms with E-state index in [1.54, 1.807) is 0 Å². The smallest absolute Gasteiger partial charge is 0.172 e. The maximum atomic E-state index is 9.58. The van der Waals surface area contributed by atoms with E-state index in [9.17, 15) is 5.26 Å². The van der Waals surface area contributed by atoms with Gasteiger partial charge in [-0.25, -0.2) is 0 Å². The summed E-state index contributed by atoms with van der Waals surface area (Å²) in [6.45, 7) is 9.76. The molecule has 3 heteroatoms. The summed E-state index contributed by atoms with van der Waals surface area (Å²) in [6.07, 6.45) is 5.92. The molecule has 0 radical (unpaired) electrons. The largest absolute Gasteiger partial charge is 0.347 e. The Kier molecular flexibility index (Phi) is 3.27. The summed E-state index contributed by atoms with van der Waals surface area (Å²) in [5.74, 6) is -0.0234. The van der Waals surface area contributed by atoms with Crippen molar-refractivity contribution in [3.8, 4) is 6.07 Å². The number of fused-ring (bicyclic) bond motifs is 1. The van der Waals surface area contributed by atoms with Gasteiger partial charge in [0.15, 0.2) is 5.79 Å². The number of nitriles is 1. The molecular weight excluding hydrogens is 250 g/mol. The molecule has 0 amide bonds. The van der Waals surface area contributed by atoms with Crippen LogP contribution in [0.25, 0.3) is 0 Å². The van der Waals surface area contributed by atoms with Crippen LogP contribution < -0.4 is 0 Å². The van der Waals surface area contributed by atoms with Gasteiger partial charge in [0.05, 0.1) is 25.2 Å². The molecule has 20 heavy (non-hydrogen) atoms. The van der Waals surface area contributed by atoms with Gasteiger partial charge in [-0.05, 0) is 25.7 Å². The first-order chi connectivity index (χ1) is 9.49. The van der Waals surface area contributed by atoms with Gasteiger partial charge < -0.3 is 9.47 Å². The maximum absolute atomic E-state index is 9.58. The molecule has 2 aliphatic carbocycles. The fraction of sp³-hybridized carbons (Fsp3) is 0.706. The van der Waals surface area contributed by atoms with Gasteiger partial charge in [0.25, 0.3) is 0 Å². The van der Waals surface area contributed by atoms with E-state index in [0.717, 1.165) is 31.3 Å². The Labute approximate surface area is 121 Å². The molecule has 1 spiro atoms. The minimum atomic E-state index is -0.414. The van der Waals surface area contributed by atoms with Crippen LogP contribution in [0.1, 0.15) is 39.5 Å². The minimum absolute atomic E-state index is 0.0126. The average Bonchev–Trinajstić information content (AvgIpc) is 2.87. The molecule has 0 aromatic carbocycles. The number of allylic oxidation sites excluding steroid dienone is 2. The van der Waals surface area contributed by atoms with Crippen LogP contribution in [-0.2, 0) is 9.47 Å². The predicted molar refractivity (Wildman–Crippen MR) is 76.7 cm³/mol. The lowest BCUT2D eigenvalue weighted by molar-refractivity contribution is -0.179. The van der Waals surface area contributed by atoms with Crippen molar-refractivity contribution < 1.29 is 9.47 Å². The van der Waals surface area contributed by atoms with Gasteiger partial charge >= 0.3 is 0 Å². The van der Waals surface area contributed by atoms with Crippen molar-refractivity contribution in [2.75, 3.05) is 13.2 Å². The van der Waals surface area contributed by atoms with Crippen LogP contribution in [0.5, 0.6) is 0 Å². The normalized spacial score (nSPS) is 39.0. The van der Waals surface area contributed by atoms with Gasteiger partial charge in [-0.1, -0.05) is 30.7 Å². The van der Waals surface area contributed by atoms with Gasteiger partial charge in [-0.3, -0.25) is 0 Å². The zero-order valence-electron chi connectivity index (χ0n) is 12.4. The van der Waals surface area contributed by atoms with Crippen molar-refractivity contribution in [3.05, 3.63) is 23.8 Å². The Morgan fingerprint density at radius 1 is 1.40 bits per heavy atom. The second-order valence-corrected chi connectivity index (χ2v) is 6.76. The van der Waals surface area contributed by atoms with Crippen LogP contribution in [0.3, 0.4) is 0 Å². The second-order valence-electron chi connectivity index (χ2n) is 6.76. The fourth-order valence-electron chi connectivity index (χ4n) is 3.95. The Morgan fingerprint density at radius 3 is 2.70 bits per heavy atom. The van der Waals surface area contributed by atoms with Crippen molar-refractivity contribution >= 4 is 0 Å². The van der Waals surface area contributed by atoms with E-state index in [2.05, 4.69) is 32.6 Å². The summed E-state index contributed by atoms with van der Waals surface area (Å²) >= 11 is 0. The van der Waals surface area contributed by atoms with E-state index in [4.69, 9.17) is 9.47 Å². The third kappa shape index (κ3) is 2.03. The molecule has 3 aliphatic rings. The number of hydrogen-bond donors (Lipinski definition) is 0. The van der Waals surface area contributed by atoms with E-state index in [1.807, 2.05) is 0 Å². The zero-order chi connectivity index (χ0) is 14.4. The van der Waals surface area contributed by atoms with Crippen molar-refractivity contribution in [2.45, 2.75) is 45.3 Å². The molecule has 0 bridgehead atoms. The molecule has 3 atom stereocenters. The second kappa shape index (κ2) is 4.72.